The Balaban J connectivity index is 1.64. The van der Waals surface area contributed by atoms with Crippen LogP contribution in [0.15, 0.2) is 42.5 Å². The van der Waals surface area contributed by atoms with E-state index < -0.39 is 0 Å². The molecule has 0 aliphatic carbocycles. The summed E-state index contributed by atoms with van der Waals surface area (Å²) in [6, 6.07) is 13.1. The number of rotatable bonds is 5. The first-order valence-electron chi connectivity index (χ1n) is 9.06. The van der Waals surface area contributed by atoms with E-state index in [0.29, 0.717) is 10.0 Å². The van der Waals surface area contributed by atoms with E-state index in [2.05, 4.69) is 4.90 Å². The summed E-state index contributed by atoms with van der Waals surface area (Å²) in [7, 11) is 3.46. The van der Waals surface area contributed by atoms with Crippen molar-refractivity contribution in [1.82, 2.24) is 4.90 Å². The number of likely N-dealkylation sites (tertiary alicyclic amines) is 1. The van der Waals surface area contributed by atoms with E-state index in [-0.39, 0.29) is 11.8 Å². The molecule has 0 bridgehead atoms. The van der Waals surface area contributed by atoms with Crippen LogP contribution in [0, 0.1) is 5.92 Å². The minimum Gasteiger partial charge on any atom is -0.497 e. The number of nitrogens with zero attached hydrogens (tertiary/aromatic N) is 2. The third kappa shape index (κ3) is 4.95. The summed E-state index contributed by atoms with van der Waals surface area (Å²) in [5.41, 5.74) is 1.91. The van der Waals surface area contributed by atoms with E-state index in [9.17, 15) is 4.79 Å². The van der Waals surface area contributed by atoms with Gasteiger partial charge in [0.25, 0.3) is 0 Å². The molecule has 2 aromatic carbocycles. The molecule has 1 unspecified atom stereocenters. The van der Waals surface area contributed by atoms with E-state index in [1.54, 1.807) is 18.1 Å². The lowest BCUT2D eigenvalue weighted by Gasteiger charge is -2.34. The second-order valence-electron chi connectivity index (χ2n) is 6.91. The largest absolute Gasteiger partial charge is 0.497 e. The number of hydrogen-bond acceptors (Lipinski definition) is 3. The van der Waals surface area contributed by atoms with Crippen molar-refractivity contribution in [2.45, 2.75) is 19.4 Å². The average Bonchev–Trinajstić information content (AvgIpc) is 2.69. The highest BCUT2D eigenvalue weighted by Gasteiger charge is 2.28. The molecule has 1 heterocycles. The molecular weight excluding hydrogens is 383 g/mol. The number of carbonyl (C=O) groups excluding carboxylic acids is 1. The minimum absolute atomic E-state index is 0.0167. The lowest BCUT2D eigenvalue weighted by atomic mass is 9.96. The lowest BCUT2D eigenvalue weighted by Crippen LogP contribution is -2.43. The summed E-state index contributed by atoms with van der Waals surface area (Å²) < 4.78 is 5.18. The van der Waals surface area contributed by atoms with Gasteiger partial charge in [0.2, 0.25) is 5.91 Å². The first kappa shape index (κ1) is 20.0. The molecule has 6 heteroatoms. The molecule has 1 amide bonds. The molecule has 1 saturated heterocycles. The number of hydrogen-bond donors (Lipinski definition) is 0. The summed E-state index contributed by atoms with van der Waals surface area (Å²) in [6.07, 6.45) is 1.91. The van der Waals surface area contributed by atoms with Crippen molar-refractivity contribution in [2.24, 2.45) is 5.92 Å². The Morgan fingerprint density at radius 3 is 2.63 bits per heavy atom. The monoisotopic (exact) mass is 406 g/mol. The van der Waals surface area contributed by atoms with Crippen molar-refractivity contribution < 1.29 is 9.53 Å². The number of benzene rings is 2. The van der Waals surface area contributed by atoms with E-state index in [0.717, 1.165) is 49.5 Å². The average molecular weight is 407 g/mol. The Bertz CT molecular complexity index is 795. The Labute approximate surface area is 170 Å². The molecule has 0 saturated carbocycles. The number of piperidine rings is 1. The fraction of sp³-hybridized carbons (Fsp3) is 0.381. The van der Waals surface area contributed by atoms with Gasteiger partial charge in [-0.3, -0.25) is 9.69 Å². The molecule has 0 N–H and O–H groups in total. The number of ether oxygens (including phenoxy) is 1. The van der Waals surface area contributed by atoms with Crippen molar-refractivity contribution in [3.8, 4) is 5.75 Å². The first-order valence-corrected chi connectivity index (χ1v) is 9.81. The number of halogens is 2. The van der Waals surface area contributed by atoms with Crippen molar-refractivity contribution >= 4 is 34.8 Å². The standard InChI is InChI=1S/C21H24Cl2N2O2/c1-24(18-7-9-19(27-2)10-8-18)21(26)16-4-3-11-25(14-16)13-15-5-6-17(22)12-20(15)23/h5-10,12,16H,3-4,11,13-14H2,1-2H3. The van der Waals surface area contributed by atoms with Crippen LogP contribution in [0.25, 0.3) is 0 Å². The van der Waals surface area contributed by atoms with Crippen molar-refractivity contribution in [3.05, 3.63) is 58.1 Å². The van der Waals surface area contributed by atoms with Crippen LogP contribution in [-0.4, -0.2) is 38.1 Å². The van der Waals surface area contributed by atoms with Crippen LogP contribution in [0.3, 0.4) is 0 Å². The number of carbonyl (C=O) groups is 1. The molecule has 3 rings (SSSR count). The highest BCUT2D eigenvalue weighted by Crippen LogP contribution is 2.27. The molecule has 1 fully saturated rings. The summed E-state index contributed by atoms with van der Waals surface area (Å²) >= 11 is 12.3. The normalized spacial score (nSPS) is 17.6. The Morgan fingerprint density at radius 1 is 1.22 bits per heavy atom. The van der Waals surface area contributed by atoms with Crippen LogP contribution in [-0.2, 0) is 11.3 Å². The molecule has 0 spiro atoms. The molecule has 0 radical (unpaired) electrons. The van der Waals surface area contributed by atoms with Gasteiger partial charge in [0.15, 0.2) is 0 Å². The van der Waals surface area contributed by atoms with Gasteiger partial charge in [-0.1, -0.05) is 29.3 Å². The maximum absolute atomic E-state index is 13.0. The molecule has 2 aromatic rings. The quantitative estimate of drug-likeness (QED) is 0.709. The zero-order valence-corrected chi connectivity index (χ0v) is 17.1. The number of anilines is 1. The number of methoxy groups -OCH3 is 1. The van der Waals surface area contributed by atoms with Crippen LogP contribution >= 0.6 is 23.2 Å². The summed E-state index contributed by atoms with van der Waals surface area (Å²) in [5, 5.41) is 1.31. The van der Waals surface area contributed by atoms with Gasteiger partial charge < -0.3 is 9.64 Å². The third-order valence-electron chi connectivity index (χ3n) is 5.05. The molecule has 4 nitrogen and oxygen atoms in total. The van der Waals surface area contributed by atoms with Crippen LogP contribution in [0.1, 0.15) is 18.4 Å². The predicted molar refractivity (Wildman–Crippen MR) is 111 cm³/mol. The molecular formula is C21H24Cl2N2O2. The highest BCUT2D eigenvalue weighted by atomic mass is 35.5. The molecule has 0 aromatic heterocycles. The van der Waals surface area contributed by atoms with Crippen molar-refractivity contribution in [2.75, 3.05) is 32.1 Å². The lowest BCUT2D eigenvalue weighted by molar-refractivity contribution is -0.123. The smallest absolute Gasteiger partial charge is 0.231 e. The minimum atomic E-state index is -0.0167. The predicted octanol–water partition coefficient (Wildman–Crippen LogP) is 4.88. The van der Waals surface area contributed by atoms with Gasteiger partial charge in [0, 0.05) is 35.9 Å². The fourth-order valence-corrected chi connectivity index (χ4v) is 3.97. The highest BCUT2D eigenvalue weighted by molar-refractivity contribution is 6.35. The SMILES string of the molecule is COc1ccc(N(C)C(=O)C2CCCN(Cc3ccc(Cl)cc3Cl)C2)cc1. The van der Waals surface area contributed by atoms with E-state index in [1.807, 2.05) is 43.4 Å². The Morgan fingerprint density at radius 2 is 1.96 bits per heavy atom. The summed E-state index contributed by atoms with van der Waals surface area (Å²) in [5.74, 6) is 0.910. The number of amides is 1. The maximum Gasteiger partial charge on any atom is 0.231 e. The third-order valence-corrected chi connectivity index (χ3v) is 5.64. The van der Waals surface area contributed by atoms with Gasteiger partial charge in [-0.05, 0) is 61.3 Å². The maximum atomic E-state index is 13.0. The van der Waals surface area contributed by atoms with Crippen molar-refractivity contribution in [3.63, 3.8) is 0 Å². The Kier molecular flexibility index (Phi) is 6.64. The van der Waals surface area contributed by atoms with Crippen LogP contribution in [0.2, 0.25) is 10.0 Å². The molecule has 1 atom stereocenters. The van der Waals surface area contributed by atoms with Gasteiger partial charge in [-0.25, -0.2) is 0 Å². The van der Waals surface area contributed by atoms with Crippen LogP contribution < -0.4 is 9.64 Å². The molecule has 1 aliphatic rings. The zero-order valence-electron chi connectivity index (χ0n) is 15.6. The Hall–Kier alpha value is -1.75. The molecule has 1 aliphatic heterocycles. The van der Waals surface area contributed by atoms with Gasteiger partial charge in [-0.2, -0.15) is 0 Å². The fourth-order valence-electron chi connectivity index (χ4n) is 3.50. The molecule has 144 valence electrons. The van der Waals surface area contributed by atoms with Gasteiger partial charge >= 0.3 is 0 Å². The first-order chi connectivity index (χ1) is 13.0. The van der Waals surface area contributed by atoms with Gasteiger partial charge in [0.05, 0.1) is 13.0 Å². The van der Waals surface area contributed by atoms with Crippen LogP contribution in [0.4, 0.5) is 5.69 Å². The summed E-state index contributed by atoms with van der Waals surface area (Å²) in [4.78, 5) is 17.0. The second kappa shape index (κ2) is 8.96. The van der Waals surface area contributed by atoms with Gasteiger partial charge in [0.1, 0.15) is 5.75 Å². The van der Waals surface area contributed by atoms with E-state index >= 15 is 0 Å². The van der Waals surface area contributed by atoms with E-state index in [4.69, 9.17) is 27.9 Å². The second-order valence-corrected chi connectivity index (χ2v) is 7.75. The topological polar surface area (TPSA) is 32.8 Å². The van der Waals surface area contributed by atoms with Crippen LogP contribution in [0.5, 0.6) is 5.75 Å². The molecule has 27 heavy (non-hydrogen) atoms. The van der Waals surface area contributed by atoms with E-state index in [1.165, 1.54) is 0 Å². The zero-order chi connectivity index (χ0) is 19.4. The summed E-state index contributed by atoms with van der Waals surface area (Å²) in [6.45, 7) is 2.43. The van der Waals surface area contributed by atoms with Gasteiger partial charge in [-0.15, -0.1) is 0 Å². The van der Waals surface area contributed by atoms with Crippen molar-refractivity contribution in [1.29, 1.82) is 0 Å².